The highest BCUT2D eigenvalue weighted by atomic mass is 16.5. The second-order valence-corrected chi connectivity index (χ2v) is 4.72. The van der Waals surface area contributed by atoms with Crippen LogP contribution in [0.5, 0.6) is 0 Å². The van der Waals surface area contributed by atoms with Gasteiger partial charge in [0.1, 0.15) is 0 Å². The summed E-state index contributed by atoms with van der Waals surface area (Å²) in [6.07, 6.45) is 1.84. The Morgan fingerprint density at radius 1 is 1.18 bits per heavy atom. The summed E-state index contributed by atoms with van der Waals surface area (Å²) in [5, 5.41) is 3.98. The Morgan fingerprint density at radius 2 is 1.82 bits per heavy atom. The van der Waals surface area contributed by atoms with E-state index in [9.17, 15) is 0 Å². The molecule has 0 spiro atoms. The lowest BCUT2D eigenvalue weighted by atomic mass is 10.2. The summed E-state index contributed by atoms with van der Waals surface area (Å²) in [5.74, 6) is 1.13. The smallest absolute Gasteiger partial charge is 0.247 e. The topological polar surface area (TPSA) is 77.8 Å². The average Bonchev–Trinajstić information content (AvgIpc) is 2.82. The molecule has 5 nitrogen and oxygen atoms in total. The number of nitrogens with two attached hydrogens (primary N) is 1. The summed E-state index contributed by atoms with van der Waals surface area (Å²) < 4.78 is 5.22. The summed E-state index contributed by atoms with van der Waals surface area (Å²) in [4.78, 5) is 8.68. The van der Waals surface area contributed by atoms with E-state index in [1.807, 2.05) is 26.0 Å². The van der Waals surface area contributed by atoms with Gasteiger partial charge in [-0.3, -0.25) is 4.98 Å². The van der Waals surface area contributed by atoms with Gasteiger partial charge in [-0.15, -0.1) is 0 Å². The van der Waals surface area contributed by atoms with Crippen molar-refractivity contribution in [1.82, 2.24) is 15.1 Å². The summed E-state index contributed by atoms with van der Waals surface area (Å²) >= 11 is 0. The van der Waals surface area contributed by atoms with Gasteiger partial charge < -0.3 is 10.3 Å². The van der Waals surface area contributed by atoms with Crippen LogP contribution < -0.4 is 5.73 Å². The molecule has 2 N–H and O–H groups in total. The van der Waals surface area contributed by atoms with Gasteiger partial charge in [0.25, 0.3) is 0 Å². The lowest BCUT2D eigenvalue weighted by molar-refractivity contribution is 0.348. The third-order valence-electron chi connectivity index (χ3n) is 2.98. The van der Waals surface area contributed by atoms with E-state index in [0.29, 0.717) is 11.7 Å². The van der Waals surface area contributed by atoms with Crippen molar-refractivity contribution in [2.24, 2.45) is 5.73 Å². The van der Waals surface area contributed by atoms with Gasteiger partial charge >= 0.3 is 0 Å². The third kappa shape index (κ3) is 1.82. The van der Waals surface area contributed by atoms with Gasteiger partial charge in [0.15, 0.2) is 0 Å². The van der Waals surface area contributed by atoms with Crippen molar-refractivity contribution in [2.45, 2.75) is 32.2 Å². The zero-order chi connectivity index (χ0) is 12.0. The molecule has 5 heteroatoms. The summed E-state index contributed by atoms with van der Waals surface area (Å²) in [6.45, 7) is 3.89. The van der Waals surface area contributed by atoms with Gasteiger partial charge in [-0.1, -0.05) is 5.16 Å². The van der Waals surface area contributed by atoms with Crippen LogP contribution in [0.15, 0.2) is 16.7 Å². The van der Waals surface area contributed by atoms with E-state index >= 15 is 0 Å². The quantitative estimate of drug-likeness (QED) is 0.849. The van der Waals surface area contributed by atoms with Gasteiger partial charge in [0.05, 0.1) is 5.54 Å². The Balaban J connectivity index is 2.00. The van der Waals surface area contributed by atoms with Crippen molar-refractivity contribution >= 4 is 0 Å². The first-order valence-corrected chi connectivity index (χ1v) is 5.66. The zero-order valence-corrected chi connectivity index (χ0v) is 9.90. The van der Waals surface area contributed by atoms with Crippen LogP contribution in [0.1, 0.15) is 30.1 Å². The molecule has 1 fully saturated rings. The number of nitrogens with zero attached hydrogens (tertiary/aromatic N) is 3. The molecule has 0 amide bonds. The molecule has 0 aromatic carbocycles. The lowest BCUT2D eigenvalue weighted by Gasteiger charge is -2.00. The van der Waals surface area contributed by atoms with Gasteiger partial charge in [-0.25, -0.2) is 0 Å². The average molecular weight is 230 g/mol. The molecule has 2 aromatic heterocycles. The molecule has 0 bridgehead atoms. The van der Waals surface area contributed by atoms with Crippen LogP contribution in [0.3, 0.4) is 0 Å². The highest BCUT2D eigenvalue weighted by Crippen LogP contribution is 2.42. The molecular weight excluding hydrogens is 216 g/mol. The van der Waals surface area contributed by atoms with E-state index in [2.05, 4.69) is 15.1 Å². The van der Waals surface area contributed by atoms with Gasteiger partial charge in [0.2, 0.25) is 11.7 Å². The number of aromatic nitrogens is 3. The molecule has 1 aliphatic carbocycles. The Kier molecular flexibility index (Phi) is 2.06. The fourth-order valence-corrected chi connectivity index (χ4v) is 1.86. The second kappa shape index (κ2) is 3.37. The van der Waals surface area contributed by atoms with Crippen LogP contribution in [0.2, 0.25) is 0 Å². The van der Waals surface area contributed by atoms with Crippen LogP contribution in [0, 0.1) is 13.8 Å². The zero-order valence-electron chi connectivity index (χ0n) is 9.90. The van der Waals surface area contributed by atoms with E-state index < -0.39 is 0 Å². The first-order chi connectivity index (χ1) is 8.07. The summed E-state index contributed by atoms with van der Waals surface area (Å²) in [6, 6.07) is 3.88. The van der Waals surface area contributed by atoms with Gasteiger partial charge in [0, 0.05) is 17.0 Å². The van der Waals surface area contributed by atoms with Crippen molar-refractivity contribution in [1.29, 1.82) is 0 Å². The number of aryl methyl sites for hydroxylation is 2. The summed E-state index contributed by atoms with van der Waals surface area (Å²) in [5.41, 5.74) is 8.45. The Bertz CT molecular complexity index is 551. The molecule has 0 saturated heterocycles. The second-order valence-electron chi connectivity index (χ2n) is 4.72. The highest BCUT2D eigenvalue weighted by Gasteiger charge is 2.45. The van der Waals surface area contributed by atoms with Gasteiger partial charge in [-0.05, 0) is 38.8 Å². The molecule has 0 unspecified atom stereocenters. The molecule has 17 heavy (non-hydrogen) atoms. The number of rotatable bonds is 2. The van der Waals surface area contributed by atoms with Crippen molar-refractivity contribution in [3.63, 3.8) is 0 Å². The van der Waals surface area contributed by atoms with E-state index in [1.54, 1.807) is 0 Å². The monoisotopic (exact) mass is 230 g/mol. The Labute approximate surface area is 99.1 Å². The van der Waals surface area contributed by atoms with E-state index in [4.69, 9.17) is 10.3 Å². The van der Waals surface area contributed by atoms with Crippen molar-refractivity contribution in [2.75, 3.05) is 0 Å². The Morgan fingerprint density at radius 3 is 2.41 bits per heavy atom. The largest absolute Gasteiger partial charge is 0.337 e. The number of hydrogen-bond donors (Lipinski definition) is 1. The molecular formula is C12H14N4O. The van der Waals surface area contributed by atoms with Crippen LogP contribution in [0.25, 0.3) is 11.4 Å². The third-order valence-corrected chi connectivity index (χ3v) is 2.98. The predicted molar refractivity (Wildman–Crippen MR) is 62.1 cm³/mol. The maximum Gasteiger partial charge on any atom is 0.247 e. The van der Waals surface area contributed by atoms with Gasteiger partial charge in [-0.2, -0.15) is 4.98 Å². The van der Waals surface area contributed by atoms with E-state index in [1.165, 1.54) is 0 Å². The molecule has 2 aromatic rings. The Hall–Kier alpha value is -1.75. The maximum atomic E-state index is 6.01. The van der Waals surface area contributed by atoms with Crippen molar-refractivity contribution in [3.8, 4) is 11.4 Å². The maximum absolute atomic E-state index is 6.01. The highest BCUT2D eigenvalue weighted by molar-refractivity contribution is 5.55. The van der Waals surface area contributed by atoms with E-state index in [-0.39, 0.29) is 5.54 Å². The normalized spacial score (nSPS) is 17.1. The van der Waals surface area contributed by atoms with Crippen LogP contribution >= 0.6 is 0 Å². The minimum absolute atomic E-state index is 0.373. The molecule has 0 atom stereocenters. The molecule has 0 radical (unpaired) electrons. The summed E-state index contributed by atoms with van der Waals surface area (Å²) in [7, 11) is 0. The van der Waals surface area contributed by atoms with Crippen molar-refractivity contribution in [3.05, 3.63) is 29.4 Å². The van der Waals surface area contributed by atoms with Crippen LogP contribution in [-0.2, 0) is 5.54 Å². The predicted octanol–water partition coefficient (Wildman–Crippen LogP) is 1.70. The number of pyridine rings is 1. The fourth-order valence-electron chi connectivity index (χ4n) is 1.86. The molecule has 2 heterocycles. The van der Waals surface area contributed by atoms with E-state index in [0.717, 1.165) is 29.8 Å². The molecule has 88 valence electrons. The van der Waals surface area contributed by atoms with Crippen molar-refractivity contribution < 1.29 is 4.52 Å². The molecule has 0 aliphatic heterocycles. The number of hydrogen-bond acceptors (Lipinski definition) is 5. The minimum Gasteiger partial charge on any atom is -0.337 e. The molecule has 1 saturated carbocycles. The van der Waals surface area contributed by atoms with Crippen LogP contribution in [0.4, 0.5) is 0 Å². The molecule has 1 aliphatic rings. The fraction of sp³-hybridized carbons (Fsp3) is 0.417. The lowest BCUT2D eigenvalue weighted by Crippen LogP contribution is -2.18. The first kappa shape index (κ1) is 10.4. The molecule has 3 rings (SSSR count). The first-order valence-electron chi connectivity index (χ1n) is 5.66. The van der Waals surface area contributed by atoms with Crippen LogP contribution in [-0.4, -0.2) is 15.1 Å². The standard InChI is InChI=1S/C12H14N4O/c1-7-5-9(6-8(2)14-7)10-15-11(17-16-10)12(13)3-4-12/h5-6H,3-4,13H2,1-2H3. The minimum atomic E-state index is -0.373. The SMILES string of the molecule is Cc1cc(-c2noc(C3(N)CC3)n2)cc(C)n1.